The quantitative estimate of drug-likeness (QED) is 0.151. The van der Waals surface area contributed by atoms with E-state index in [2.05, 4.69) is 222 Å². The molecule has 0 atom stereocenters. The predicted molar refractivity (Wildman–Crippen MR) is 291 cm³/mol. The van der Waals surface area contributed by atoms with Gasteiger partial charge in [0, 0.05) is 0 Å². The van der Waals surface area contributed by atoms with E-state index in [9.17, 15) is 2.74 Å². The zero-order valence-electron chi connectivity index (χ0n) is 40.7. The molecule has 0 radical (unpaired) electrons. The second kappa shape index (κ2) is 15.8. The van der Waals surface area contributed by atoms with Crippen molar-refractivity contribution in [1.29, 1.82) is 0 Å². The van der Waals surface area contributed by atoms with Crippen molar-refractivity contribution < 1.29 is 5.48 Å². The Bertz CT molecular complexity index is 4130. The molecule has 0 fully saturated rings. The van der Waals surface area contributed by atoms with E-state index in [4.69, 9.17) is 2.74 Å². The molecule has 2 aliphatic heterocycles. The van der Waals surface area contributed by atoms with Crippen molar-refractivity contribution in [2.24, 2.45) is 0 Å². The Morgan fingerprint density at radius 3 is 1.71 bits per heavy atom. The number of hydrogen-bond acceptors (Lipinski definition) is 1. The first-order valence-corrected chi connectivity index (χ1v) is 24.8. The van der Waals surface area contributed by atoms with Crippen LogP contribution in [0.25, 0.3) is 82.8 Å². The van der Waals surface area contributed by atoms with Gasteiger partial charge in [-0.25, -0.2) is 0 Å². The SMILES string of the molecule is [2H]c1c([2H])c([2H])c2c(c1[2H])c1c3ccccc3ccc1n2-c1cc2c3c(c1)N(c1c(-c4ccccc4)cccc1-c1ccccc1)c1ccc(-c4ccccc4)cc1B3c1cc(-c3ccccc3)ccc1[Se]2. The van der Waals surface area contributed by atoms with Crippen LogP contribution in [0, 0.1) is 0 Å². The normalized spacial score (nSPS) is 13.4. The second-order valence-electron chi connectivity index (χ2n) is 17.7. The molecule has 4 heteroatoms. The Morgan fingerprint density at radius 2 is 1.01 bits per heavy atom. The molecular formula is C64H41BN2Se. The van der Waals surface area contributed by atoms with Crippen LogP contribution < -0.4 is 30.2 Å². The number of hydrogen-bond donors (Lipinski definition) is 0. The third kappa shape index (κ3) is 6.12. The zero-order valence-corrected chi connectivity index (χ0v) is 38.5. The van der Waals surface area contributed by atoms with Gasteiger partial charge < -0.3 is 0 Å². The van der Waals surface area contributed by atoms with E-state index in [0.717, 1.165) is 77.8 Å². The van der Waals surface area contributed by atoms with Crippen LogP contribution in [0.4, 0.5) is 17.1 Å². The molecule has 0 saturated heterocycles. The van der Waals surface area contributed by atoms with Crippen LogP contribution in [0.15, 0.2) is 249 Å². The molecule has 0 saturated carbocycles. The molecule has 68 heavy (non-hydrogen) atoms. The van der Waals surface area contributed by atoms with Crippen molar-refractivity contribution in [3.05, 3.63) is 249 Å². The molecule has 0 N–H and O–H groups in total. The van der Waals surface area contributed by atoms with E-state index >= 15 is 0 Å². The van der Waals surface area contributed by atoms with E-state index in [1.54, 1.807) is 0 Å². The Balaban J connectivity index is 1.15. The molecule has 0 spiro atoms. The third-order valence-corrected chi connectivity index (χ3v) is 16.4. The summed E-state index contributed by atoms with van der Waals surface area (Å²) in [5.74, 6) is 0. The topological polar surface area (TPSA) is 8.17 Å². The Labute approximate surface area is 408 Å². The van der Waals surface area contributed by atoms with E-state index in [1.807, 2.05) is 12.1 Å². The number of para-hydroxylation sites is 2. The van der Waals surface area contributed by atoms with Gasteiger partial charge in [0.15, 0.2) is 0 Å². The van der Waals surface area contributed by atoms with Crippen LogP contribution in [-0.2, 0) is 0 Å². The molecule has 12 aromatic rings. The van der Waals surface area contributed by atoms with Crippen LogP contribution in [0.2, 0.25) is 0 Å². The molecule has 0 aliphatic carbocycles. The molecule has 2 nitrogen and oxygen atoms in total. The van der Waals surface area contributed by atoms with E-state index in [1.165, 1.54) is 36.4 Å². The molecule has 0 bridgehead atoms. The second-order valence-corrected chi connectivity index (χ2v) is 20.0. The van der Waals surface area contributed by atoms with Crippen molar-refractivity contribution >= 4 is 96.6 Å². The van der Waals surface area contributed by atoms with Gasteiger partial charge in [0.1, 0.15) is 0 Å². The van der Waals surface area contributed by atoms with Gasteiger partial charge in [-0.15, -0.1) is 0 Å². The minimum absolute atomic E-state index is 0.0353. The van der Waals surface area contributed by atoms with Gasteiger partial charge in [0.2, 0.25) is 0 Å². The first kappa shape index (κ1) is 35.1. The van der Waals surface area contributed by atoms with Crippen LogP contribution in [-0.4, -0.2) is 26.2 Å². The molecule has 11 aromatic carbocycles. The van der Waals surface area contributed by atoms with E-state index < -0.39 is 0 Å². The summed E-state index contributed by atoms with van der Waals surface area (Å²) in [7, 11) is 0. The standard InChI is InChI=1S/C64H41BN2Se/c1-5-18-42(19-6-1)47-33-35-57-54(38-47)65-55-39-48(43-20-7-2-8-21-43)34-37-60(55)68-61-41-49(66-56-31-16-15-28-53(56)62-50-27-14-13-26-46(50)32-36-58(62)66)40-59(63(61)65)67(57)64-51(44-22-9-3-10-23-44)29-17-30-52(64)45-24-11-4-12-25-45/h1-41H/i15D,16D,28D,31D. The van der Waals surface area contributed by atoms with Crippen molar-refractivity contribution in [2.75, 3.05) is 4.90 Å². The first-order valence-electron chi connectivity index (χ1n) is 25.1. The van der Waals surface area contributed by atoms with E-state index in [-0.39, 0.29) is 45.8 Å². The zero-order chi connectivity index (χ0) is 48.2. The summed E-state index contributed by atoms with van der Waals surface area (Å²) in [6.07, 6.45) is 0. The monoisotopic (exact) mass is 932 g/mol. The number of benzene rings is 11. The Hall–Kier alpha value is -8.14. The van der Waals surface area contributed by atoms with Gasteiger partial charge in [0.25, 0.3) is 0 Å². The van der Waals surface area contributed by atoms with Crippen LogP contribution in [0.5, 0.6) is 0 Å². The van der Waals surface area contributed by atoms with Crippen molar-refractivity contribution in [1.82, 2.24) is 4.57 Å². The van der Waals surface area contributed by atoms with Gasteiger partial charge in [-0.3, -0.25) is 0 Å². The third-order valence-electron chi connectivity index (χ3n) is 13.9. The van der Waals surface area contributed by atoms with Crippen molar-refractivity contribution in [2.45, 2.75) is 0 Å². The summed E-state index contributed by atoms with van der Waals surface area (Å²) in [6.45, 7) is -0.128. The van der Waals surface area contributed by atoms with Gasteiger partial charge >= 0.3 is 410 Å². The molecule has 0 unspecified atom stereocenters. The van der Waals surface area contributed by atoms with Gasteiger partial charge in [-0.1, -0.05) is 0 Å². The van der Waals surface area contributed by atoms with E-state index in [0.29, 0.717) is 10.9 Å². The van der Waals surface area contributed by atoms with Crippen LogP contribution in [0.1, 0.15) is 5.48 Å². The number of fused-ring (bicyclic) bond motifs is 9. The van der Waals surface area contributed by atoms with Gasteiger partial charge in [-0.05, 0) is 0 Å². The number of rotatable bonds is 6. The van der Waals surface area contributed by atoms with Crippen molar-refractivity contribution in [3.8, 4) is 50.2 Å². The molecular weight excluding hydrogens is 886 g/mol. The fourth-order valence-electron chi connectivity index (χ4n) is 11.0. The molecule has 1 aromatic heterocycles. The first-order chi connectivity index (χ1) is 35.4. The Kier molecular flexibility index (Phi) is 8.13. The molecule has 316 valence electrons. The van der Waals surface area contributed by atoms with Gasteiger partial charge in [0.05, 0.1) is 0 Å². The summed E-state index contributed by atoms with van der Waals surface area (Å²) in [5, 5.41) is 3.31. The summed E-state index contributed by atoms with van der Waals surface area (Å²) < 4.78 is 41.9. The van der Waals surface area contributed by atoms with Crippen LogP contribution in [0.3, 0.4) is 0 Å². The Morgan fingerprint density at radius 1 is 0.412 bits per heavy atom. The summed E-state index contributed by atoms with van der Waals surface area (Å²) >= 11 is -0.159. The molecule has 0 amide bonds. The molecule has 3 heterocycles. The average molecular weight is 932 g/mol. The fourth-order valence-corrected chi connectivity index (χ4v) is 13.4. The van der Waals surface area contributed by atoms with Crippen molar-refractivity contribution in [3.63, 3.8) is 0 Å². The molecule has 2 aliphatic rings. The predicted octanol–water partition coefficient (Wildman–Crippen LogP) is 12.9. The van der Waals surface area contributed by atoms with Gasteiger partial charge in [-0.2, -0.15) is 0 Å². The summed E-state index contributed by atoms with van der Waals surface area (Å²) in [5.41, 5.74) is 18.2. The summed E-state index contributed by atoms with van der Waals surface area (Å²) in [4.78, 5) is 2.52. The fraction of sp³-hybridized carbons (Fsp3) is 0. The molecule has 14 rings (SSSR count). The maximum atomic E-state index is 9.66. The minimum atomic E-state index is -0.248. The number of anilines is 3. The number of aromatic nitrogens is 1. The summed E-state index contributed by atoms with van der Waals surface area (Å²) in [6, 6.07) is 80.0. The van der Waals surface area contributed by atoms with Crippen LogP contribution >= 0.6 is 0 Å². The number of nitrogens with zero attached hydrogens (tertiary/aromatic N) is 2. The average Bonchev–Trinajstić information content (AvgIpc) is 3.81. The maximum absolute atomic E-state index is 9.66.